The molecule has 106 valence electrons. The number of rotatable bonds is 3. The molecule has 3 rings (SSSR count). The number of aryl methyl sites for hydroxylation is 1. The molecule has 2 aromatic carbocycles. The van der Waals surface area contributed by atoms with Gasteiger partial charge in [0.25, 0.3) is 0 Å². The van der Waals surface area contributed by atoms with Gasteiger partial charge in [-0.05, 0) is 35.2 Å². The highest BCUT2D eigenvalue weighted by molar-refractivity contribution is 5.93. The van der Waals surface area contributed by atoms with Gasteiger partial charge >= 0.3 is 0 Å². The second-order valence-electron chi connectivity index (χ2n) is 4.92. The molecule has 0 fully saturated rings. The van der Waals surface area contributed by atoms with Gasteiger partial charge < -0.3 is 11.1 Å². The van der Waals surface area contributed by atoms with Crippen LogP contribution in [-0.2, 0) is 6.42 Å². The van der Waals surface area contributed by atoms with E-state index in [1.807, 2.05) is 13.1 Å². The highest BCUT2D eigenvalue weighted by Gasteiger charge is 2.08. The Balaban J connectivity index is 2.22. The topological polar surface area (TPSA) is 63.8 Å². The minimum Gasteiger partial charge on any atom is -0.372 e. The molecule has 1 aromatic heterocycles. The van der Waals surface area contributed by atoms with Gasteiger partial charge in [0.1, 0.15) is 5.82 Å². The number of nitrogens with zero attached hydrogens (tertiary/aromatic N) is 2. The van der Waals surface area contributed by atoms with Crippen molar-refractivity contribution in [1.82, 2.24) is 9.97 Å². The lowest BCUT2D eigenvalue weighted by molar-refractivity contribution is 1.14. The fourth-order valence-electron chi connectivity index (χ4n) is 2.62. The summed E-state index contributed by atoms with van der Waals surface area (Å²) in [6.07, 6.45) is 1.00. The predicted octanol–water partition coefficient (Wildman–Crippen LogP) is 3.48. The Morgan fingerprint density at radius 3 is 2.67 bits per heavy atom. The summed E-state index contributed by atoms with van der Waals surface area (Å²) < 4.78 is 0. The molecule has 3 N–H and O–H groups in total. The summed E-state index contributed by atoms with van der Waals surface area (Å²) in [5, 5.41) is 4.04. The van der Waals surface area contributed by atoms with E-state index in [0.29, 0.717) is 0 Å². The number of nitrogens with one attached hydrogen (secondary N) is 1. The molecule has 3 aromatic rings. The molecule has 0 saturated heterocycles. The maximum absolute atomic E-state index is 5.78. The van der Waals surface area contributed by atoms with E-state index in [-0.39, 0.29) is 5.95 Å². The molecule has 4 heteroatoms. The van der Waals surface area contributed by atoms with E-state index < -0.39 is 0 Å². The van der Waals surface area contributed by atoms with Gasteiger partial charge in [-0.1, -0.05) is 37.3 Å². The number of anilines is 2. The van der Waals surface area contributed by atoms with Gasteiger partial charge in [-0.25, -0.2) is 4.98 Å². The van der Waals surface area contributed by atoms with Crippen molar-refractivity contribution in [3.63, 3.8) is 0 Å². The van der Waals surface area contributed by atoms with Crippen LogP contribution < -0.4 is 11.1 Å². The monoisotopic (exact) mass is 278 g/mol. The first kappa shape index (κ1) is 13.4. The van der Waals surface area contributed by atoms with Crippen molar-refractivity contribution in [1.29, 1.82) is 0 Å². The van der Waals surface area contributed by atoms with Crippen molar-refractivity contribution in [2.75, 3.05) is 18.1 Å². The normalized spacial score (nSPS) is 10.8. The average Bonchev–Trinajstić information content (AvgIpc) is 2.53. The second kappa shape index (κ2) is 5.40. The molecule has 0 amide bonds. The van der Waals surface area contributed by atoms with E-state index in [4.69, 9.17) is 5.73 Å². The van der Waals surface area contributed by atoms with E-state index in [2.05, 4.69) is 58.6 Å². The van der Waals surface area contributed by atoms with Crippen LogP contribution in [0.4, 0.5) is 11.8 Å². The fourth-order valence-corrected chi connectivity index (χ4v) is 2.62. The third kappa shape index (κ3) is 2.40. The van der Waals surface area contributed by atoms with Gasteiger partial charge in [-0.3, -0.25) is 0 Å². The molecule has 0 radical (unpaired) electrons. The van der Waals surface area contributed by atoms with Crippen LogP contribution in [0.2, 0.25) is 0 Å². The van der Waals surface area contributed by atoms with E-state index in [0.717, 1.165) is 28.7 Å². The van der Waals surface area contributed by atoms with Crippen LogP contribution in [0.1, 0.15) is 12.5 Å². The Morgan fingerprint density at radius 2 is 1.90 bits per heavy atom. The summed E-state index contributed by atoms with van der Waals surface area (Å²) in [7, 11) is 1.83. The summed E-state index contributed by atoms with van der Waals surface area (Å²) in [4.78, 5) is 8.56. The first-order chi connectivity index (χ1) is 10.2. The molecule has 0 atom stereocenters. The van der Waals surface area contributed by atoms with Gasteiger partial charge in [-0.2, -0.15) is 4.98 Å². The van der Waals surface area contributed by atoms with Crippen LogP contribution in [0.5, 0.6) is 0 Å². The first-order valence-corrected chi connectivity index (χ1v) is 7.06. The van der Waals surface area contributed by atoms with Crippen molar-refractivity contribution in [2.24, 2.45) is 0 Å². The Hall–Kier alpha value is -2.62. The summed E-state index contributed by atoms with van der Waals surface area (Å²) in [5.41, 5.74) is 10.4. The molecule has 0 spiro atoms. The number of hydrogen-bond acceptors (Lipinski definition) is 4. The van der Waals surface area contributed by atoms with Crippen LogP contribution in [0.3, 0.4) is 0 Å². The SMILES string of the molecule is CCc1ccccc1-c1ccc2c(NC)nc(N)nc2c1. The van der Waals surface area contributed by atoms with Crippen molar-refractivity contribution in [3.05, 3.63) is 48.0 Å². The van der Waals surface area contributed by atoms with E-state index in [1.54, 1.807) is 0 Å². The molecule has 0 saturated carbocycles. The third-order valence-corrected chi connectivity index (χ3v) is 3.66. The van der Waals surface area contributed by atoms with Crippen molar-refractivity contribution in [3.8, 4) is 11.1 Å². The van der Waals surface area contributed by atoms with Crippen LogP contribution >= 0.6 is 0 Å². The Morgan fingerprint density at radius 1 is 1.10 bits per heavy atom. The molecular formula is C17H18N4. The molecule has 0 unspecified atom stereocenters. The smallest absolute Gasteiger partial charge is 0.222 e. The molecule has 4 nitrogen and oxygen atoms in total. The van der Waals surface area contributed by atoms with Crippen LogP contribution in [0, 0.1) is 0 Å². The van der Waals surface area contributed by atoms with Gasteiger partial charge in [-0.15, -0.1) is 0 Å². The maximum atomic E-state index is 5.78. The number of hydrogen-bond donors (Lipinski definition) is 2. The van der Waals surface area contributed by atoms with Gasteiger partial charge in [0, 0.05) is 12.4 Å². The summed E-state index contributed by atoms with van der Waals surface area (Å²) >= 11 is 0. The quantitative estimate of drug-likeness (QED) is 0.770. The largest absolute Gasteiger partial charge is 0.372 e. The number of nitrogen functional groups attached to an aromatic ring is 1. The van der Waals surface area contributed by atoms with E-state index in [9.17, 15) is 0 Å². The zero-order valence-corrected chi connectivity index (χ0v) is 12.2. The number of benzene rings is 2. The van der Waals surface area contributed by atoms with Crippen LogP contribution in [0.15, 0.2) is 42.5 Å². The molecule has 1 heterocycles. The Kier molecular flexibility index (Phi) is 3.44. The molecular weight excluding hydrogens is 260 g/mol. The lowest BCUT2D eigenvalue weighted by Crippen LogP contribution is -2.01. The lowest BCUT2D eigenvalue weighted by atomic mass is 9.97. The van der Waals surface area contributed by atoms with Crippen molar-refractivity contribution >= 4 is 22.7 Å². The molecule has 0 bridgehead atoms. The molecule has 0 aliphatic carbocycles. The van der Waals surface area contributed by atoms with E-state index in [1.165, 1.54) is 11.1 Å². The summed E-state index contributed by atoms with van der Waals surface area (Å²) in [5.74, 6) is 1.04. The average molecular weight is 278 g/mol. The minimum absolute atomic E-state index is 0.285. The molecule has 0 aliphatic rings. The second-order valence-corrected chi connectivity index (χ2v) is 4.92. The minimum atomic E-state index is 0.285. The highest BCUT2D eigenvalue weighted by atomic mass is 15.1. The highest BCUT2D eigenvalue weighted by Crippen LogP contribution is 2.29. The van der Waals surface area contributed by atoms with Gasteiger partial charge in [0.2, 0.25) is 5.95 Å². The van der Waals surface area contributed by atoms with Crippen LogP contribution in [0.25, 0.3) is 22.0 Å². The predicted molar refractivity (Wildman–Crippen MR) is 88.3 cm³/mol. The Bertz CT molecular complexity index is 796. The van der Waals surface area contributed by atoms with Crippen molar-refractivity contribution < 1.29 is 0 Å². The number of aromatic nitrogens is 2. The zero-order chi connectivity index (χ0) is 14.8. The summed E-state index contributed by atoms with van der Waals surface area (Å²) in [6.45, 7) is 2.17. The van der Waals surface area contributed by atoms with Crippen molar-refractivity contribution in [2.45, 2.75) is 13.3 Å². The molecule has 21 heavy (non-hydrogen) atoms. The number of fused-ring (bicyclic) bond motifs is 1. The summed E-state index contributed by atoms with van der Waals surface area (Å²) in [6, 6.07) is 14.7. The van der Waals surface area contributed by atoms with E-state index >= 15 is 0 Å². The Labute approximate surface area is 124 Å². The standard InChI is InChI=1S/C17H18N4/c1-3-11-6-4-5-7-13(11)12-8-9-14-15(10-12)20-17(18)21-16(14)19-2/h4-10H,3H2,1-2H3,(H3,18,19,20,21). The third-order valence-electron chi connectivity index (χ3n) is 3.66. The van der Waals surface area contributed by atoms with Crippen LogP contribution in [-0.4, -0.2) is 17.0 Å². The first-order valence-electron chi connectivity index (χ1n) is 7.06. The van der Waals surface area contributed by atoms with Gasteiger partial charge in [0.05, 0.1) is 5.52 Å². The van der Waals surface area contributed by atoms with Gasteiger partial charge in [0.15, 0.2) is 0 Å². The maximum Gasteiger partial charge on any atom is 0.222 e. The molecule has 0 aliphatic heterocycles. The lowest BCUT2D eigenvalue weighted by Gasteiger charge is -2.10. The number of nitrogens with two attached hydrogens (primary N) is 1. The fraction of sp³-hybridized carbons (Fsp3) is 0.176. The zero-order valence-electron chi connectivity index (χ0n) is 12.2.